The van der Waals surface area contributed by atoms with Gasteiger partial charge in [0, 0.05) is 23.7 Å². The quantitative estimate of drug-likeness (QED) is 0.400. The molecule has 0 bridgehead atoms. The maximum absolute atomic E-state index is 13.3. The van der Waals surface area contributed by atoms with Gasteiger partial charge in [-0.3, -0.25) is 9.69 Å². The van der Waals surface area contributed by atoms with Crippen LogP contribution in [0.15, 0.2) is 23.0 Å². The third kappa shape index (κ3) is 5.26. The first-order chi connectivity index (χ1) is 17.5. The number of hydrogen-bond donors (Lipinski definition) is 1. The lowest BCUT2D eigenvalue weighted by Gasteiger charge is -2.40. The molecule has 1 N–H and O–H groups in total. The van der Waals surface area contributed by atoms with Crippen LogP contribution in [0.25, 0.3) is 10.9 Å². The number of benzene rings is 1. The van der Waals surface area contributed by atoms with Gasteiger partial charge in [-0.15, -0.1) is 5.10 Å². The van der Waals surface area contributed by atoms with Gasteiger partial charge in [0.25, 0.3) is 5.56 Å². The number of aryl methyl sites for hydroxylation is 2. The summed E-state index contributed by atoms with van der Waals surface area (Å²) in [6, 6.07) is 7.36. The SMILES string of the molecule is CCCC(c1nnnn1C1CCCCC1)N(Cc1cc2cc(C)c(C)cc2[nH]c1=O)C1CCCCC1. The number of aromatic amines is 1. The minimum absolute atomic E-state index is 0.0219. The van der Waals surface area contributed by atoms with Crippen LogP contribution in [0.2, 0.25) is 0 Å². The second-order valence-electron chi connectivity index (χ2n) is 11.2. The minimum atomic E-state index is 0.0219. The van der Waals surface area contributed by atoms with Crippen molar-refractivity contribution in [1.29, 1.82) is 0 Å². The third-order valence-electron chi connectivity index (χ3n) is 8.63. The molecular weight excluding hydrogens is 448 g/mol. The summed E-state index contributed by atoms with van der Waals surface area (Å²) in [5.41, 5.74) is 4.23. The first-order valence-corrected chi connectivity index (χ1v) is 14.2. The molecule has 1 aromatic carbocycles. The standard InChI is InChI=1S/C29H42N6O/c1-4-11-27(28-31-32-33-35(28)25-14-9-6-10-15-25)34(24-12-7-5-8-13-24)19-23-18-22-16-20(2)21(3)17-26(22)30-29(23)36/h16-18,24-25,27H,4-15,19H2,1-3H3,(H,30,36). The Morgan fingerprint density at radius 1 is 1.00 bits per heavy atom. The van der Waals surface area contributed by atoms with Crippen LogP contribution < -0.4 is 5.56 Å². The van der Waals surface area contributed by atoms with Crippen molar-refractivity contribution in [1.82, 2.24) is 30.1 Å². The van der Waals surface area contributed by atoms with Gasteiger partial charge in [0.15, 0.2) is 5.82 Å². The summed E-state index contributed by atoms with van der Waals surface area (Å²) in [6.45, 7) is 7.10. The molecule has 2 saturated carbocycles. The van der Waals surface area contributed by atoms with E-state index in [0.29, 0.717) is 18.6 Å². The highest BCUT2D eigenvalue weighted by Crippen LogP contribution is 2.36. The Labute approximate surface area is 214 Å². The van der Waals surface area contributed by atoms with E-state index in [0.717, 1.165) is 48.0 Å². The molecule has 3 aromatic rings. The number of fused-ring (bicyclic) bond motifs is 1. The molecule has 2 aromatic heterocycles. The first kappa shape index (κ1) is 25.1. The van der Waals surface area contributed by atoms with E-state index < -0.39 is 0 Å². The average molecular weight is 491 g/mol. The summed E-state index contributed by atoms with van der Waals surface area (Å²) in [5.74, 6) is 0.998. The molecule has 0 aliphatic heterocycles. The van der Waals surface area contributed by atoms with Crippen molar-refractivity contribution >= 4 is 10.9 Å². The van der Waals surface area contributed by atoms with Gasteiger partial charge in [0.2, 0.25) is 0 Å². The lowest BCUT2D eigenvalue weighted by atomic mass is 9.91. The predicted molar refractivity (Wildman–Crippen MR) is 144 cm³/mol. The van der Waals surface area contributed by atoms with Gasteiger partial charge in [-0.05, 0) is 91.1 Å². The Morgan fingerprint density at radius 3 is 2.42 bits per heavy atom. The number of rotatable bonds is 8. The van der Waals surface area contributed by atoms with E-state index in [9.17, 15) is 4.79 Å². The Balaban J connectivity index is 1.53. The summed E-state index contributed by atoms with van der Waals surface area (Å²) in [4.78, 5) is 19.1. The largest absolute Gasteiger partial charge is 0.322 e. The second kappa shape index (κ2) is 11.2. The molecule has 0 saturated heterocycles. The summed E-state index contributed by atoms with van der Waals surface area (Å²) in [6.07, 6.45) is 14.3. The lowest BCUT2D eigenvalue weighted by Crippen LogP contribution is -2.41. The number of H-pyrrole nitrogens is 1. The van der Waals surface area contributed by atoms with Gasteiger partial charge >= 0.3 is 0 Å². The smallest absolute Gasteiger partial charge is 0.252 e. The maximum Gasteiger partial charge on any atom is 0.252 e. The van der Waals surface area contributed by atoms with E-state index in [4.69, 9.17) is 0 Å². The van der Waals surface area contributed by atoms with Crippen LogP contribution in [0.1, 0.15) is 119 Å². The molecule has 0 amide bonds. The van der Waals surface area contributed by atoms with Crippen LogP contribution in [0.5, 0.6) is 0 Å². The number of nitrogens with one attached hydrogen (secondary N) is 1. The van der Waals surface area contributed by atoms with Crippen molar-refractivity contribution in [2.75, 3.05) is 0 Å². The molecule has 2 aliphatic rings. The first-order valence-electron chi connectivity index (χ1n) is 14.2. The number of tetrazole rings is 1. The normalized spacial score (nSPS) is 18.8. The number of aromatic nitrogens is 5. The van der Waals surface area contributed by atoms with E-state index in [-0.39, 0.29) is 11.6 Å². The molecule has 2 heterocycles. The average Bonchev–Trinajstić information content (AvgIpc) is 3.38. The molecule has 5 rings (SSSR count). The fourth-order valence-corrected chi connectivity index (χ4v) is 6.46. The van der Waals surface area contributed by atoms with E-state index in [1.165, 1.54) is 62.5 Å². The van der Waals surface area contributed by atoms with Crippen molar-refractivity contribution in [3.63, 3.8) is 0 Å². The molecule has 7 heteroatoms. The molecule has 194 valence electrons. The fraction of sp³-hybridized carbons (Fsp3) is 0.655. The fourth-order valence-electron chi connectivity index (χ4n) is 6.46. The van der Waals surface area contributed by atoms with Crippen LogP contribution in [0.4, 0.5) is 0 Å². The Hall–Kier alpha value is -2.54. The highest BCUT2D eigenvalue weighted by molar-refractivity contribution is 5.80. The molecular formula is C29H42N6O. The Bertz CT molecular complexity index is 1220. The van der Waals surface area contributed by atoms with Crippen LogP contribution in [-0.4, -0.2) is 36.1 Å². The highest BCUT2D eigenvalue weighted by Gasteiger charge is 2.34. The van der Waals surface area contributed by atoms with Crippen LogP contribution in [-0.2, 0) is 6.54 Å². The summed E-state index contributed by atoms with van der Waals surface area (Å²) in [5, 5.41) is 14.4. The van der Waals surface area contributed by atoms with Gasteiger partial charge in [-0.1, -0.05) is 51.9 Å². The molecule has 0 spiro atoms. The Morgan fingerprint density at radius 2 is 1.69 bits per heavy atom. The van der Waals surface area contributed by atoms with E-state index in [1.54, 1.807) is 0 Å². The molecule has 1 unspecified atom stereocenters. The van der Waals surface area contributed by atoms with Crippen molar-refractivity contribution in [2.24, 2.45) is 0 Å². The number of hydrogen-bond acceptors (Lipinski definition) is 5. The number of nitrogens with zero attached hydrogens (tertiary/aromatic N) is 5. The molecule has 0 radical (unpaired) electrons. The summed E-state index contributed by atoms with van der Waals surface area (Å²) < 4.78 is 2.14. The van der Waals surface area contributed by atoms with Crippen molar-refractivity contribution in [3.8, 4) is 0 Å². The summed E-state index contributed by atoms with van der Waals surface area (Å²) >= 11 is 0. The molecule has 2 aliphatic carbocycles. The van der Waals surface area contributed by atoms with E-state index in [1.807, 2.05) is 0 Å². The monoisotopic (exact) mass is 490 g/mol. The van der Waals surface area contributed by atoms with Crippen LogP contribution in [0.3, 0.4) is 0 Å². The topological polar surface area (TPSA) is 79.7 Å². The predicted octanol–water partition coefficient (Wildman–Crippen LogP) is 6.31. The zero-order valence-corrected chi connectivity index (χ0v) is 22.3. The van der Waals surface area contributed by atoms with Crippen molar-refractivity contribution in [2.45, 2.75) is 122 Å². The van der Waals surface area contributed by atoms with E-state index >= 15 is 0 Å². The molecule has 36 heavy (non-hydrogen) atoms. The lowest BCUT2D eigenvalue weighted by molar-refractivity contribution is 0.0789. The van der Waals surface area contributed by atoms with Gasteiger partial charge in [0.1, 0.15) is 0 Å². The number of pyridine rings is 1. The molecule has 1 atom stereocenters. The highest BCUT2D eigenvalue weighted by atomic mass is 16.1. The van der Waals surface area contributed by atoms with Crippen LogP contribution in [0, 0.1) is 13.8 Å². The third-order valence-corrected chi connectivity index (χ3v) is 8.63. The maximum atomic E-state index is 13.3. The van der Waals surface area contributed by atoms with Gasteiger partial charge in [0.05, 0.1) is 12.1 Å². The minimum Gasteiger partial charge on any atom is -0.322 e. The molecule has 7 nitrogen and oxygen atoms in total. The van der Waals surface area contributed by atoms with Crippen molar-refractivity contribution < 1.29 is 0 Å². The van der Waals surface area contributed by atoms with Gasteiger partial charge < -0.3 is 4.98 Å². The van der Waals surface area contributed by atoms with Gasteiger partial charge in [-0.2, -0.15) is 0 Å². The van der Waals surface area contributed by atoms with Crippen LogP contribution >= 0.6 is 0 Å². The van der Waals surface area contributed by atoms with Gasteiger partial charge in [-0.25, -0.2) is 4.68 Å². The zero-order valence-electron chi connectivity index (χ0n) is 22.3. The molecule has 2 fully saturated rings. The van der Waals surface area contributed by atoms with Crippen molar-refractivity contribution in [3.05, 3.63) is 51.1 Å². The zero-order chi connectivity index (χ0) is 25.1. The van der Waals surface area contributed by atoms with E-state index in [2.05, 4.69) is 69.1 Å². The summed E-state index contributed by atoms with van der Waals surface area (Å²) in [7, 11) is 0. The Kier molecular flexibility index (Phi) is 7.85. The second-order valence-corrected chi connectivity index (χ2v) is 11.2.